The molecule has 2 rings (SSSR count). The zero-order valence-corrected chi connectivity index (χ0v) is 10.6. The van der Waals surface area contributed by atoms with Crippen LogP contribution in [0, 0.1) is 20.8 Å². The highest BCUT2D eigenvalue weighted by Crippen LogP contribution is 2.25. The van der Waals surface area contributed by atoms with Crippen molar-refractivity contribution in [3.8, 4) is 11.3 Å². The highest BCUT2D eigenvalue weighted by molar-refractivity contribution is 5.68. The van der Waals surface area contributed by atoms with Crippen molar-refractivity contribution in [2.24, 2.45) is 0 Å². The van der Waals surface area contributed by atoms with Gasteiger partial charge >= 0.3 is 0 Å². The van der Waals surface area contributed by atoms with Gasteiger partial charge in [0.15, 0.2) is 0 Å². The molecule has 0 radical (unpaired) electrons. The molecule has 4 heteroatoms. The van der Waals surface area contributed by atoms with E-state index in [1.165, 1.54) is 0 Å². The first-order chi connectivity index (χ1) is 8.11. The molecule has 2 aromatic heterocycles. The number of pyridine rings is 1. The number of rotatable bonds is 2. The van der Waals surface area contributed by atoms with Crippen molar-refractivity contribution in [3.05, 3.63) is 35.4 Å². The lowest BCUT2D eigenvalue weighted by Gasteiger charge is -2.10. The van der Waals surface area contributed by atoms with E-state index in [1.807, 2.05) is 40.0 Å². The van der Waals surface area contributed by atoms with E-state index in [9.17, 15) is 0 Å². The maximum atomic E-state index is 4.37. The van der Waals surface area contributed by atoms with Crippen molar-refractivity contribution in [2.45, 2.75) is 20.8 Å². The van der Waals surface area contributed by atoms with Crippen LogP contribution >= 0.6 is 0 Å². The molecular weight excluding hydrogens is 212 g/mol. The number of aromatic nitrogens is 3. The molecule has 17 heavy (non-hydrogen) atoms. The molecule has 88 valence electrons. The molecule has 1 N–H and O–H groups in total. The Kier molecular flexibility index (Phi) is 3.04. The van der Waals surface area contributed by atoms with Crippen LogP contribution in [0.1, 0.15) is 17.0 Å². The van der Waals surface area contributed by atoms with Crippen LogP contribution in [0.15, 0.2) is 18.5 Å². The van der Waals surface area contributed by atoms with Crippen LogP contribution in [-0.2, 0) is 0 Å². The van der Waals surface area contributed by atoms with Crippen LogP contribution in [0.3, 0.4) is 0 Å². The van der Waals surface area contributed by atoms with E-state index < -0.39 is 0 Å². The minimum absolute atomic E-state index is 0.863. The third-order valence-corrected chi connectivity index (χ3v) is 2.68. The van der Waals surface area contributed by atoms with E-state index in [0.717, 1.165) is 34.0 Å². The van der Waals surface area contributed by atoms with Crippen molar-refractivity contribution in [1.29, 1.82) is 0 Å². The van der Waals surface area contributed by atoms with E-state index in [0.29, 0.717) is 0 Å². The standard InChI is InChI=1S/C13H16N4/c1-8-5-11(6-9(2)17-8)12-10(3)13(14-4)16-7-15-12/h5-7H,1-4H3,(H,14,15,16). The number of aryl methyl sites for hydroxylation is 2. The second-order valence-electron chi connectivity index (χ2n) is 4.08. The molecule has 0 saturated carbocycles. The molecule has 4 nitrogen and oxygen atoms in total. The van der Waals surface area contributed by atoms with Crippen molar-refractivity contribution >= 4 is 5.82 Å². The highest BCUT2D eigenvalue weighted by atomic mass is 15.0. The third-order valence-electron chi connectivity index (χ3n) is 2.68. The van der Waals surface area contributed by atoms with Crippen LogP contribution in [0.5, 0.6) is 0 Å². The van der Waals surface area contributed by atoms with Crippen molar-refractivity contribution < 1.29 is 0 Å². The Labute approximate surface area is 101 Å². The Morgan fingerprint density at radius 3 is 2.24 bits per heavy atom. The molecule has 0 fully saturated rings. The van der Waals surface area contributed by atoms with Gasteiger partial charge in [0.2, 0.25) is 0 Å². The van der Waals surface area contributed by atoms with E-state index >= 15 is 0 Å². The molecule has 0 aliphatic rings. The quantitative estimate of drug-likeness (QED) is 0.858. The summed E-state index contributed by atoms with van der Waals surface area (Å²) in [6.07, 6.45) is 1.58. The van der Waals surface area contributed by atoms with E-state index in [-0.39, 0.29) is 0 Å². The lowest BCUT2D eigenvalue weighted by Crippen LogP contribution is -2.00. The Morgan fingerprint density at radius 1 is 1.00 bits per heavy atom. The fourth-order valence-corrected chi connectivity index (χ4v) is 1.96. The molecule has 2 aromatic rings. The van der Waals surface area contributed by atoms with Crippen molar-refractivity contribution in [3.63, 3.8) is 0 Å². The van der Waals surface area contributed by atoms with Gasteiger partial charge in [-0.25, -0.2) is 9.97 Å². The Hall–Kier alpha value is -1.97. The summed E-state index contributed by atoms with van der Waals surface area (Å²) in [4.78, 5) is 12.9. The maximum Gasteiger partial charge on any atom is 0.132 e. The van der Waals surface area contributed by atoms with Gasteiger partial charge in [-0.05, 0) is 32.9 Å². The lowest BCUT2D eigenvalue weighted by molar-refractivity contribution is 1.10. The zero-order valence-electron chi connectivity index (χ0n) is 10.6. The van der Waals surface area contributed by atoms with Gasteiger partial charge in [0.25, 0.3) is 0 Å². The number of hydrogen-bond donors (Lipinski definition) is 1. The summed E-state index contributed by atoms with van der Waals surface area (Å²) in [7, 11) is 1.86. The van der Waals surface area contributed by atoms with Crippen LogP contribution < -0.4 is 5.32 Å². The lowest BCUT2D eigenvalue weighted by atomic mass is 10.1. The molecule has 0 aliphatic heterocycles. The van der Waals surface area contributed by atoms with Gasteiger partial charge in [-0.3, -0.25) is 4.98 Å². The third kappa shape index (κ3) is 2.25. The maximum absolute atomic E-state index is 4.37. The topological polar surface area (TPSA) is 50.7 Å². The Bertz CT molecular complexity index is 529. The molecule has 0 aliphatic carbocycles. The van der Waals surface area contributed by atoms with Crippen molar-refractivity contribution in [2.75, 3.05) is 12.4 Å². The zero-order chi connectivity index (χ0) is 12.4. The summed E-state index contributed by atoms with van der Waals surface area (Å²) in [5, 5.41) is 3.07. The largest absolute Gasteiger partial charge is 0.373 e. The molecule has 2 heterocycles. The SMILES string of the molecule is CNc1ncnc(-c2cc(C)nc(C)c2)c1C. The highest BCUT2D eigenvalue weighted by Gasteiger charge is 2.09. The second kappa shape index (κ2) is 4.49. The summed E-state index contributed by atoms with van der Waals surface area (Å²) < 4.78 is 0. The molecule has 0 atom stereocenters. The number of nitrogens with zero attached hydrogens (tertiary/aromatic N) is 3. The molecule has 0 saturated heterocycles. The predicted octanol–water partition coefficient (Wildman–Crippen LogP) is 2.51. The molecule has 0 amide bonds. The fourth-order valence-electron chi connectivity index (χ4n) is 1.96. The van der Waals surface area contributed by atoms with E-state index in [2.05, 4.69) is 20.3 Å². The Balaban J connectivity index is 2.60. The molecule has 0 spiro atoms. The summed E-state index contributed by atoms with van der Waals surface area (Å²) >= 11 is 0. The van der Waals surface area contributed by atoms with Gasteiger partial charge < -0.3 is 5.32 Å². The van der Waals surface area contributed by atoms with Gasteiger partial charge in [0.05, 0.1) is 5.69 Å². The van der Waals surface area contributed by atoms with Crippen LogP contribution in [0.2, 0.25) is 0 Å². The number of hydrogen-bond acceptors (Lipinski definition) is 4. The normalized spacial score (nSPS) is 10.4. The molecule has 0 unspecified atom stereocenters. The van der Waals surface area contributed by atoms with E-state index in [4.69, 9.17) is 0 Å². The first-order valence-electron chi connectivity index (χ1n) is 5.57. The van der Waals surface area contributed by atoms with Gasteiger partial charge in [0.1, 0.15) is 12.1 Å². The second-order valence-corrected chi connectivity index (χ2v) is 4.08. The predicted molar refractivity (Wildman–Crippen MR) is 69.0 cm³/mol. The molecule has 0 bridgehead atoms. The van der Waals surface area contributed by atoms with Gasteiger partial charge in [0, 0.05) is 29.6 Å². The number of anilines is 1. The van der Waals surface area contributed by atoms with Crippen LogP contribution in [0.4, 0.5) is 5.82 Å². The first kappa shape index (κ1) is 11.5. The minimum Gasteiger partial charge on any atom is -0.373 e. The smallest absolute Gasteiger partial charge is 0.132 e. The van der Waals surface area contributed by atoms with Gasteiger partial charge in [-0.1, -0.05) is 0 Å². The minimum atomic E-state index is 0.863. The molecular formula is C13H16N4. The van der Waals surface area contributed by atoms with Crippen LogP contribution in [0.25, 0.3) is 11.3 Å². The fraction of sp³-hybridized carbons (Fsp3) is 0.308. The van der Waals surface area contributed by atoms with Gasteiger partial charge in [-0.15, -0.1) is 0 Å². The summed E-state index contributed by atoms with van der Waals surface area (Å²) in [6, 6.07) is 4.09. The monoisotopic (exact) mass is 228 g/mol. The summed E-state index contributed by atoms with van der Waals surface area (Å²) in [5.41, 5.74) is 5.11. The average Bonchev–Trinajstić information content (AvgIpc) is 2.28. The average molecular weight is 228 g/mol. The number of nitrogens with one attached hydrogen (secondary N) is 1. The Morgan fingerprint density at radius 2 is 1.65 bits per heavy atom. The van der Waals surface area contributed by atoms with Crippen molar-refractivity contribution in [1.82, 2.24) is 15.0 Å². The van der Waals surface area contributed by atoms with Crippen LogP contribution in [-0.4, -0.2) is 22.0 Å². The summed E-state index contributed by atoms with van der Waals surface area (Å²) in [6.45, 7) is 6.00. The van der Waals surface area contributed by atoms with E-state index in [1.54, 1.807) is 6.33 Å². The summed E-state index contributed by atoms with van der Waals surface area (Å²) in [5.74, 6) is 0.863. The molecule has 0 aromatic carbocycles. The first-order valence-corrected chi connectivity index (χ1v) is 5.57. The van der Waals surface area contributed by atoms with Gasteiger partial charge in [-0.2, -0.15) is 0 Å².